The molecule has 0 saturated heterocycles. The number of ether oxygens (including phenoxy) is 4. The first-order chi connectivity index (χ1) is 23.2. The molecule has 3 aromatic carbocycles. The molecular formula is C38H36Br2O8. The smallest absolute Gasteiger partial charge is 0.333 e. The molecule has 0 heterocycles. The number of hydrogen-bond donors (Lipinski definition) is 2. The Kier molecular flexibility index (Phi) is 16.5. The van der Waals surface area contributed by atoms with Crippen molar-refractivity contribution in [2.24, 2.45) is 0 Å². The summed E-state index contributed by atoms with van der Waals surface area (Å²) in [6.45, 7) is 4.85. The normalized spacial score (nSPS) is 12.1. The summed E-state index contributed by atoms with van der Waals surface area (Å²) in [5, 5.41) is 18.6. The van der Waals surface area contributed by atoms with E-state index in [9.17, 15) is 19.8 Å². The molecule has 0 aliphatic heterocycles. The average Bonchev–Trinajstić information content (AvgIpc) is 3.06. The first kappa shape index (κ1) is 38.1. The van der Waals surface area contributed by atoms with Crippen molar-refractivity contribution in [3.63, 3.8) is 0 Å². The lowest BCUT2D eigenvalue weighted by Gasteiger charge is -2.13. The summed E-state index contributed by atoms with van der Waals surface area (Å²) in [7, 11) is 0. The van der Waals surface area contributed by atoms with Crippen LogP contribution >= 0.6 is 31.9 Å². The number of allylic oxidation sites excluding steroid dienone is 2. The van der Waals surface area contributed by atoms with Gasteiger partial charge in [-0.15, -0.1) is 0 Å². The van der Waals surface area contributed by atoms with Crippen LogP contribution in [-0.2, 0) is 31.9 Å². The van der Waals surface area contributed by atoms with E-state index >= 15 is 0 Å². The van der Waals surface area contributed by atoms with Crippen molar-refractivity contribution in [3.05, 3.63) is 116 Å². The standard InChI is InChI=1S/C38H36Br2O8/c1-3-45-35(37(41)42)25-29-17-19-33(31(39)23-29)47-21-9-5-7-11-27-13-15-28(16-14-27)12-8-6-10-22-48-34-20-18-30(24-32(34)40)26-36(38(43)44)46-4-2/h5-6,9-10,13-20,23-24,35-36H,3-4,21-22,25-26H2,1-2H3,(H,41,42)(H,43,44)/b9-5+,10-6+. The van der Waals surface area contributed by atoms with Crippen molar-refractivity contribution in [1.29, 1.82) is 0 Å². The second-order valence-electron chi connectivity index (χ2n) is 10.0. The lowest BCUT2D eigenvalue weighted by atomic mass is 10.1. The molecule has 0 spiro atoms. The number of rotatable bonds is 16. The van der Waals surface area contributed by atoms with E-state index in [0.29, 0.717) is 37.9 Å². The number of hydrogen-bond acceptors (Lipinski definition) is 6. The minimum atomic E-state index is -0.986. The van der Waals surface area contributed by atoms with Gasteiger partial charge in [0.1, 0.15) is 24.7 Å². The van der Waals surface area contributed by atoms with Crippen molar-refractivity contribution in [1.82, 2.24) is 0 Å². The van der Waals surface area contributed by atoms with Crippen LogP contribution in [0.4, 0.5) is 0 Å². The van der Waals surface area contributed by atoms with Crippen molar-refractivity contribution < 1.29 is 38.7 Å². The summed E-state index contributed by atoms with van der Waals surface area (Å²) >= 11 is 6.96. The van der Waals surface area contributed by atoms with Crippen LogP contribution in [0.1, 0.15) is 36.1 Å². The Morgan fingerprint density at radius 2 is 1.08 bits per heavy atom. The second kappa shape index (κ2) is 20.8. The summed E-state index contributed by atoms with van der Waals surface area (Å²) in [4.78, 5) is 22.7. The van der Waals surface area contributed by atoms with E-state index in [1.807, 2.05) is 60.7 Å². The van der Waals surface area contributed by atoms with Crippen molar-refractivity contribution >= 4 is 43.8 Å². The third-order valence-electron chi connectivity index (χ3n) is 6.51. The zero-order chi connectivity index (χ0) is 34.7. The fraction of sp³-hybridized carbons (Fsp3) is 0.263. The average molecular weight is 781 g/mol. The highest BCUT2D eigenvalue weighted by atomic mass is 79.9. The van der Waals surface area contributed by atoms with Crippen LogP contribution in [0.3, 0.4) is 0 Å². The van der Waals surface area contributed by atoms with Gasteiger partial charge in [0.15, 0.2) is 12.2 Å². The molecule has 48 heavy (non-hydrogen) atoms. The molecule has 3 aromatic rings. The SMILES string of the molecule is CCOC(Cc1ccc(OC/C=C/C#Cc2ccc(C#C/C=C/COc3ccc(CC(OCC)C(=O)O)cc3Br)cc2)c(Br)c1)C(=O)O. The van der Waals surface area contributed by atoms with E-state index in [0.717, 1.165) is 31.2 Å². The van der Waals surface area contributed by atoms with Gasteiger partial charge in [0.05, 0.1) is 8.95 Å². The Morgan fingerprint density at radius 3 is 1.42 bits per heavy atom. The molecule has 0 aliphatic rings. The first-order valence-corrected chi connectivity index (χ1v) is 16.7. The maximum absolute atomic E-state index is 11.3. The molecular weight excluding hydrogens is 744 g/mol. The van der Waals surface area contributed by atoms with Gasteiger partial charge in [0.25, 0.3) is 0 Å². The fourth-order valence-corrected chi connectivity index (χ4v) is 5.30. The molecule has 0 amide bonds. The summed E-state index contributed by atoms with van der Waals surface area (Å²) in [6.07, 6.45) is 5.85. The minimum Gasteiger partial charge on any atom is -0.488 e. The number of benzene rings is 3. The molecule has 0 bridgehead atoms. The fourth-order valence-electron chi connectivity index (χ4n) is 4.22. The molecule has 3 rings (SSSR count). The third-order valence-corrected chi connectivity index (χ3v) is 7.75. The second-order valence-corrected chi connectivity index (χ2v) is 11.8. The minimum absolute atomic E-state index is 0.269. The maximum Gasteiger partial charge on any atom is 0.333 e. The van der Waals surface area contributed by atoms with Gasteiger partial charge in [0, 0.05) is 37.2 Å². The van der Waals surface area contributed by atoms with Gasteiger partial charge >= 0.3 is 11.9 Å². The van der Waals surface area contributed by atoms with Crippen LogP contribution in [0.2, 0.25) is 0 Å². The summed E-state index contributed by atoms with van der Waals surface area (Å²) in [5.74, 6) is 11.5. The molecule has 2 unspecified atom stereocenters. The van der Waals surface area contributed by atoms with Gasteiger partial charge in [-0.3, -0.25) is 0 Å². The summed E-state index contributed by atoms with van der Waals surface area (Å²) in [6, 6.07) is 18.5. The summed E-state index contributed by atoms with van der Waals surface area (Å²) in [5.41, 5.74) is 3.37. The Balaban J connectivity index is 1.41. The zero-order valence-electron chi connectivity index (χ0n) is 26.6. The molecule has 2 N–H and O–H groups in total. The van der Waals surface area contributed by atoms with Crippen molar-refractivity contribution in [2.75, 3.05) is 26.4 Å². The van der Waals surface area contributed by atoms with E-state index < -0.39 is 24.1 Å². The monoisotopic (exact) mass is 778 g/mol. The highest BCUT2D eigenvalue weighted by Crippen LogP contribution is 2.28. The van der Waals surface area contributed by atoms with Gasteiger partial charge in [0.2, 0.25) is 0 Å². The van der Waals surface area contributed by atoms with Crippen molar-refractivity contribution in [3.8, 4) is 35.2 Å². The molecule has 0 radical (unpaired) electrons. The number of halogens is 2. The number of carbonyl (C=O) groups is 2. The van der Waals surface area contributed by atoms with Gasteiger partial charge in [-0.1, -0.05) is 35.8 Å². The topological polar surface area (TPSA) is 112 Å². The molecule has 8 nitrogen and oxygen atoms in total. The van der Waals surface area contributed by atoms with E-state index in [1.54, 1.807) is 38.1 Å². The summed E-state index contributed by atoms with van der Waals surface area (Å²) < 4.78 is 23.6. The number of aliphatic carboxylic acids is 2. The number of carboxylic acid groups (broad SMARTS) is 2. The van der Waals surface area contributed by atoms with Crippen LogP contribution in [-0.4, -0.2) is 60.8 Å². The molecule has 10 heteroatoms. The Morgan fingerprint density at radius 1 is 0.688 bits per heavy atom. The largest absolute Gasteiger partial charge is 0.488 e. The van der Waals surface area contributed by atoms with E-state index in [4.69, 9.17) is 18.9 Å². The Labute approximate surface area is 298 Å². The molecule has 250 valence electrons. The highest BCUT2D eigenvalue weighted by molar-refractivity contribution is 9.10. The lowest BCUT2D eigenvalue weighted by molar-refractivity contribution is -0.150. The van der Waals surface area contributed by atoms with Crippen LogP contribution in [0.25, 0.3) is 0 Å². The zero-order valence-corrected chi connectivity index (χ0v) is 29.8. The predicted octanol–water partition coefficient (Wildman–Crippen LogP) is 7.25. The van der Waals surface area contributed by atoms with Gasteiger partial charge < -0.3 is 29.2 Å². The van der Waals surface area contributed by atoms with E-state index in [2.05, 4.69) is 55.5 Å². The van der Waals surface area contributed by atoms with Crippen molar-refractivity contribution in [2.45, 2.75) is 38.9 Å². The van der Waals surface area contributed by atoms with Gasteiger partial charge in [-0.25, -0.2) is 9.59 Å². The molecule has 2 atom stereocenters. The maximum atomic E-state index is 11.3. The van der Waals surface area contributed by atoms with Crippen LogP contribution in [0, 0.1) is 23.7 Å². The molecule has 0 aromatic heterocycles. The van der Waals surface area contributed by atoms with Crippen LogP contribution in [0.5, 0.6) is 11.5 Å². The third kappa shape index (κ3) is 13.4. The molecule has 0 fully saturated rings. The highest BCUT2D eigenvalue weighted by Gasteiger charge is 2.19. The van der Waals surface area contributed by atoms with Crippen LogP contribution < -0.4 is 9.47 Å². The van der Waals surface area contributed by atoms with Crippen LogP contribution in [0.15, 0.2) is 93.9 Å². The number of carboxylic acids is 2. The van der Waals surface area contributed by atoms with E-state index in [1.165, 1.54) is 0 Å². The Bertz CT molecular complexity index is 1580. The Hall–Kier alpha value is -4.32. The van der Waals surface area contributed by atoms with Gasteiger partial charge in [-0.05, 0) is 130 Å². The molecule has 0 aliphatic carbocycles. The van der Waals surface area contributed by atoms with E-state index in [-0.39, 0.29) is 12.8 Å². The molecule has 0 saturated carbocycles. The van der Waals surface area contributed by atoms with Gasteiger partial charge in [-0.2, -0.15) is 0 Å². The predicted molar refractivity (Wildman–Crippen MR) is 191 cm³/mol. The quantitative estimate of drug-likeness (QED) is 0.146. The first-order valence-electron chi connectivity index (χ1n) is 15.1. The lowest BCUT2D eigenvalue weighted by Crippen LogP contribution is -2.26.